The first-order valence-electron chi connectivity index (χ1n) is 11.1. The summed E-state index contributed by atoms with van der Waals surface area (Å²) in [6, 6.07) is 4.16. The van der Waals surface area contributed by atoms with Crippen molar-refractivity contribution < 1.29 is 42.5 Å². The number of carbonyl (C=O) groups excluding carboxylic acids is 4. The molecule has 188 valence electrons. The number of halogens is 1. The van der Waals surface area contributed by atoms with Crippen LogP contribution < -0.4 is 5.32 Å². The lowest BCUT2D eigenvalue weighted by atomic mass is 9.91. The quantitative estimate of drug-likeness (QED) is 0.504. The molecule has 4 atom stereocenters. The van der Waals surface area contributed by atoms with E-state index < -0.39 is 72.1 Å². The number of amides is 1. The van der Waals surface area contributed by atoms with Crippen molar-refractivity contribution in [3.63, 3.8) is 0 Å². The Morgan fingerprint density at radius 2 is 1.76 bits per heavy atom. The third kappa shape index (κ3) is 8.00. The summed E-state index contributed by atoms with van der Waals surface area (Å²) in [5.74, 6) is -4.21. The van der Waals surface area contributed by atoms with Gasteiger partial charge in [0.15, 0.2) is 12.1 Å². The van der Waals surface area contributed by atoms with E-state index in [4.69, 9.17) is 18.9 Å². The monoisotopic (exact) mass is 481 g/mol. The second-order valence-electron chi connectivity index (χ2n) is 9.46. The first-order valence-corrected chi connectivity index (χ1v) is 11.1. The molecule has 1 fully saturated rings. The van der Waals surface area contributed by atoms with Gasteiger partial charge in [-0.1, -0.05) is 26.0 Å². The van der Waals surface area contributed by atoms with Crippen molar-refractivity contribution >= 4 is 24.0 Å². The minimum atomic E-state index is -1.33. The summed E-state index contributed by atoms with van der Waals surface area (Å²) < 4.78 is 34.9. The molecule has 1 amide bonds. The standard InChI is InChI=1S/C24H32FNO8/c1-13(2)20(27)33-19-14(3)32-22(29)18(26-23(30)34-24(4,5)6)12-31-21(28)17(19)11-15-7-9-16(25)10-8-15/h7-10,13-14,17-19H,11-12H2,1-6H3,(H,26,30). The van der Waals surface area contributed by atoms with E-state index in [1.54, 1.807) is 34.6 Å². The molecule has 4 unspecified atom stereocenters. The summed E-state index contributed by atoms with van der Waals surface area (Å²) in [4.78, 5) is 50.3. The van der Waals surface area contributed by atoms with Crippen LogP contribution >= 0.6 is 0 Å². The molecule has 34 heavy (non-hydrogen) atoms. The van der Waals surface area contributed by atoms with Crippen LogP contribution in [0.5, 0.6) is 0 Å². The Kier molecular flexibility index (Phi) is 9.00. The lowest BCUT2D eigenvalue weighted by molar-refractivity contribution is -0.176. The van der Waals surface area contributed by atoms with Crippen LogP contribution in [0.4, 0.5) is 9.18 Å². The van der Waals surface area contributed by atoms with Crippen molar-refractivity contribution in [3.8, 4) is 0 Å². The maximum Gasteiger partial charge on any atom is 0.408 e. The number of cyclic esters (lactones) is 2. The number of alkyl carbamates (subject to hydrolysis) is 1. The van der Waals surface area contributed by atoms with Crippen LogP contribution in [0.2, 0.25) is 0 Å². The molecule has 1 aromatic rings. The normalized spacial score (nSPS) is 23.6. The number of benzene rings is 1. The molecular formula is C24H32FNO8. The van der Waals surface area contributed by atoms with Crippen LogP contribution in [0.25, 0.3) is 0 Å². The fraction of sp³-hybridized carbons (Fsp3) is 0.583. The van der Waals surface area contributed by atoms with Gasteiger partial charge in [-0.3, -0.25) is 9.59 Å². The second kappa shape index (κ2) is 11.3. The molecule has 0 bridgehead atoms. The number of hydrogen-bond donors (Lipinski definition) is 1. The smallest absolute Gasteiger partial charge is 0.408 e. The number of esters is 3. The van der Waals surface area contributed by atoms with Gasteiger partial charge in [-0.15, -0.1) is 0 Å². The summed E-state index contributed by atoms with van der Waals surface area (Å²) in [5, 5.41) is 2.34. The van der Waals surface area contributed by atoms with E-state index in [9.17, 15) is 23.6 Å². The Bertz CT molecular complexity index is 893. The summed E-state index contributed by atoms with van der Waals surface area (Å²) in [5.41, 5.74) is -0.220. The zero-order valence-corrected chi connectivity index (χ0v) is 20.3. The number of hydrogen-bond acceptors (Lipinski definition) is 8. The summed E-state index contributed by atoms with van der Waals surface area (Å²) in [6.45, 7) is 9.20. The third-order valence-corrected chi connectivity index (χ3v) is 4.92. The molecule has 0 aromatic heterocycles. The fourth-order valence-electron chi connectivity index (χ4n) is 3.21. The molecular weight excluding hydrogens is 449 g/mol. The van der Waals surface area contributed by atoms with Crippen molar-refractivity contribution in [1.29, 1.82) is 0 Å². The van der Waals surface area contributed by atoms with Crippen molar-refractivity contribution in [2.75, 3.05) is 6.61 Å². The Morgan fingerprint density at radius 3 is 2.32 bits per heavy atom. The maximum absolute atomic E-state index is 13.3. The van der Waals surface area contributed by atoms with Crippen LogP contribution in [0.15, 0.2) is 24.3 Å². The van der Waals surface area contributed by atoms with E-state index in [-0.39, 0.29) is 6.42 Å². The van der Waals surface area contributed by atoms with Crippen LogP contribution in [0, 0.1) is 17.7 Å². The molecule has 0 spiro atoms. The predicted octanol–water partition coefficient (Wildman–Crippen LogP) is 2.93. The van der Waals surface area contributed by atoms with Crippen molar-refractivity contribution in [3.05, 3.63) is 35.6 Å². The van der Waals surface area contributed by atoms with Crippen LogP contribution in [0.1, 0.15) is 47.1 Å². The Labute approximate surface area is 198 Å². The molecule has 2 rings (SSSR count). The van der Waals surface area contributed by atoms with Crippen molar-refractivity contribution in [2.24, 2.45) is 11.8 Å². The van der Waals surface area contributed by atoms with E-state index in [1.165, 1.54) is 31.2 Å². The minimum Gasteiger partial charge on any atom is -0.463 e. The molecule has 0 saturated carbocycles. The maximum atomic E-state index is 13.3. The van der Waals surface area contributed by atoms with Gasteiger partial charge in [-0.2, -0.15) is 0 Å². The Balaban J connectivity index is 2.32. The SMILES string of the molecule is CC(C)C(=O)OC1C(C)OC(=O)C(NC(=O)OC(C)(C)C)COC(=O)C1Cc1ccc(F)cc1. The molecule has 1 aromatic carbocycles. The highest BCUT2D eigenvalue weighted by atomic mass is 19.1. The molecule has 0 aliphatic carbocycles. The first-order chi connectivity index (χ1) is 15.8. The van der Waals surface area contributed by atoms with Gasteiger partial charge in [0.2, 0.25) is 0 Å². The van der Waals surface area contributed by atoms with E-state index in [1.807, 2.05) is 0 Å². The number of ether oxygens (including phenoxy) is 4. The highest BCUT2D eigenvalue weighted by Gasteiger charge is 2.42. The molecule has 1 heterocycles. The van der Waals surface area contributed by atoms with E-state index >= 15 is 0 Å². The molecule has 1 N–H and O–H groups in total. The van der Waals surface area contributed by atoms with Crippen LogP contribution in [0.3, 0.4) is 0 Å². The van der Waals surface area contributed by atoms with Crippen LogP contribution in [-0.2, 0) is 39.8 Å². The van der Waals surface area contributed by atoms with Gasteiger partial charge < -0.3 is 24.3 Å². The highest BCUT2D eigenvalue weighted by molar-refractivity contribution is 5.83. The zero-order valence-electron chi connectivity index (χ0n) is 20.3. The molecule has 9 nitrogen and oxygen atoms in total. The summed E-state index contributed by atoms with van der Waals surface area (Å²) in [6.07, 6.45) is -3.06. The largest absolute Gasteiger partial charge is 0.463 e. The topological polar surface area (TPSA) is 117 Å². The minimum absolute atomic E-state index is 0.0429. The average molecular weight is 482 g/mol. The van der Waals surface area contributed by atoms with Crippen molar-refractivity contribution in [2.45, 2.75) is 71.8 Å². The summed E-state index contributed by atoms with van der Waals surface area (Å²) in [7, 11) is 0. The average Bonchev–Trinajstić information content (AvgIpc) is 2.75. The second-order valence-corrected chi connectivity index (χ2v) is 9.46. The Morgan fingerprint density at radius 1 is 1.15 bits per heavy atom. The van der Waals surface area contributed by atoms with Gasteiger partial charge in [0.25, 0.3) is 0 Å². The molecule has 10 heteroatoms. The number of carbonyl (C=O) groups is 4. The molecule has 0 radical (unpaired) electrons. The predicted molar refractivity (Wildman–Crippen MR) is 118 cm³/mol. The van der Waals surface area contributed by atoms with Gasteiger partial charge in [-0.05, 0) is 51.8 Å². The number of rotatable bonds is 5. The van der Waals surface area contributed by atoms with Gasteiger partial charge in [0, 0.05) is 0 Å². The highest BCUT2D eigenvalue weighted by Crippen LogP contribution is 2.25. The summed E-state index contributed by atoms with van der Waals surface area (Å²) >= 11 is 0. The third-order valence-electron chi connectivity index (χ3n) is 4.92. The van der Waals surface area contributed by atoms with Gasteiger partial charge in [0.1, 0.15) is 30.0 Å². The first kappa shape index (κ1) is 27.1. The fourth-order valence-corrected chi connectivity index (χ4v) is 3.21. The van der Waals surface area contributed by atoms with E-state index in [0.717, 1.165) is 0 Å². The van der Waals surface area contributed by atoms with Crippen LogP contribution in [-0.4, -0.2) is 54.5 Å². The van der Waals surface area contributed by atoms with Gasteiger partial charge in [-0.25, -0.2) is 14.0 Å². The van der Waals surface area contributed by atoms with Gasteiger partial charge >= 0.3 is 24.0 Å². The van der Waals surface area contributed by atoms with Crippen molar-refractivity contribution in [1.82, 2.24) is 5.32 Å². The molecule has 1 aliphatic heterocycles. The molecule has 1 aliphatic rings. The van der Waals surface area contributed by atoms with E-state index in [0.29, 0.717) is 5.56 Å². The van der Waals surface area contributed by atoms with Gasteiger partial charge in [0.05, 0.1) is 5.92 Å². The zero-order chi connectivity index (χ0) is 25.6. The lowest BCUT2D eigenvalue weighted by Gasteiger charge is -2.29. The van der Waals surface area contributed by atoms with E-state index in [2.05, 4.69) is 5.32 Å². The number of nitrogens with one attached hydrogen (secondary N) is 1. The molecule has 1 saturated heterocycles. The Hall–Kier alpha value is -3.17. The lowest BCUT2D eigenvalue weighted by Crippen LogP contribution is -2.48.